The highest BCUT2D eigenvalue weighted by Crippen LogP contribution is 2.42. The third-order valence-electron chi connectivity index (χ3n) is 7.35. The van der Waals surface area contributed by atoms with Crippen LogP contribution in [0.1, 0.15) is 22.4 Å². The number of nitrogens with one attached hydrogen (secondary N) is 2. The molecule has 3 aromatic carbocycles. The highest BCUT2D eigenvalue weighted by molar-refractivity contribution is 8.00. The number of nitrogens with zero attached hydrogens (tertiary/aromatic N) is 3. The Morgan fingerprint density at radius 2 is 1.60 bits per heavy atom. The molecule has 0 bridgehead atoms. The van der Waals surface area contributed by atoms with Crippen molar-refractivity contribution in [3.8, 4) is 0 Å². The molecule has 0 radical (unpaired) electrons. The molecule has 1 fully saturated rings. The normalized spacial score (nSPS) is 17.9. The van der Waals surface area contributed by atoms with E-state index in [1.807, 2.05) is 60.0 Å². The number of rotatable bonds is 11. The van der Waals surface area contributed by atoms with Gasteiger partial charge in [0.15, 0.2) is 11.7 Å². The second-order valence-electron chi connectivity index (χ2n) is 10.1. The molecule has 10 nitrogen and oxygen atoms in total. The number of β-lactam (4-membered cyclic amide) rings is 1. The lowest BCUT2D eigenvalue weighted by Gasteiger charge is -2.48. The number of carboxylic acid groups (broad SMARTS) is 1. The fourth-order valence-corrected chi connectivity index (χ4v) is 7.63. The maximum absolute atomic E-state index is 12.5. The molecule has 45 heavy (non-hydrogen) atoms. The van der Waals surface area contributed by atoms with E-state index >= 15 is 0 Å². The first-order valence-electron chi connectivity index (χ1n) is 13.8. The van der Waals surface area contributed by atoms with Crippen molar-refractivity contribution in [2.24, 2.45) is 5.16 Å². The smallest absolute Gasteiger partial charge is 0.353 e. The zero-order chi connectivity index (χ0) is 31.4. The van der Waals surface area contributed by atoms with Crippen LogP contribution in [0.15, 0.2) is 112 Å². The Balaban J connectivity index is 1.12. The summed E-state index contributed by atoms with van der Waals surface area (Å²) in [7, 11) is 0. The lowest BCUT2D eigenvalue weighted by atomic mass is 9.77. The molecule has 3 N–H and O–H groups in total. The molecule has 2 aliphatic rings. The number of hydrogen-bond donors (Lipinski definition) is 3. The van der Waals surface area contributed by atoms with Crippen LogP contribution in [0.25, 0.3) is 0 Å². The van der Waals surface area contributed by atoms with E-state index in [-0.39, 0.29) is 23.1 Å². The molecule has 1 saturated heterocycles. The van der Waals surface area contributed by atoms with E-state index < -0.39 is 34.7 Å². The van der Waals surface area contributed by atoms with Crippen molar-refractivity contribution in [3.63, 3.8) is 0 Å². The van der Waals surface area contributed by atoms with Crippen LogP contribution in [-0.4, -0.2) is 56.2 Å². The Morgan fingerprint density at radius 1 is 1.02 bits per heavy atom. The van der Waals surface area contributed by atoms with Gasteiger partial charge in [-0.25, -0.2) is 9.78 Å². The number of aliphatic carboxylic acids is 1. The summed E-state index contributed by atoms with van der Waals surface area (Å²) in [6.45, 7) is 0.0108. The number of hydrogen-bond acceptors (Lipinski definition) is 9. The number of thioether (sulfide) groups is 1. The van der Waals surface area contributed by atoms with Crippen LogP contribution in [0.2, 0.25) is 0 Å². The van der Waals surface area contributed by atoms with Gasteiger partial charge in [-0.05, 0) is 16.7 Å². The summed E-state index contributed by atoms with van der Waals surface area (Å²) in [5.41, 5.74) is 2.76. The van der Waals surface area contributed by atoms with Gasteiger partial charge < -0.3 is 20.6 Å². The number of aromatic nitrogens is 1. The van der Waals surface area contributed by atoms with Crippen molar-refractivity contribution in [2.75, 3.05) is 11.1 Å². The van der Waals surface area contributed by atoms with E-state index in [0.717, 1.165) is 27.8 Å². The maximum atomic E-state index is 12.5. The molecule has 1 aromatic heterocycles. The molecule has 0 spiro atoms. The van der Waals surface area contributed by atoms with Gasteiger partial charge in [-0.2, -0.15) is 0 Å². The number of fused-ring (bicyclic) bond motifs is 1. The zero-order valence-electron chi connectivity index (χ0n) is 23.5. The average Bonchev–Trinajstić information content (AvgIpc) is 3.52. The molecular weight excluding hydrogens is 634 g/mol. The van der Waals surface area contributed by atoms with E-state index in [9.17, 15) is 19.5 Å². The van der Waals surface area contributed by atoms with Gasteiger partial charge in [0.2, 0.25) is 0 Å². The molecule has 3 heterocycles. The highest BCUT2D eigenvalue weighted by Gasteiger charge is 2.54. The summed E-state index contributed by atoms with van der Waals surface area (Å²) in [5, 5.41) is 21.4. The summed E-state index contributed by atoms with van der Waals surface area (Å²) in [5.74, 6) is -2.25. The van der Waals surface area contributed by atoms with Crippen molar-refractivity contribution in [2.45, 2.75) is 23.6 Å². The lowest BCUT2D eigenvalue weighted by molar-refractivity contribution is -0.150. The first-order chi connectivity index (χ1) is 21.9. The van der Waals surface area contributed by atoms with Gasteiger partial charge in [-0.15, -0.1) is 23.1 Å². The largest absolute Gasteiger partial charge is 0.477 e. The Morgan fingerprint density at radius 3 is 2.16 bits per heavy atom. The number of carbonyl (C=O) groups excluding carboxylic acids is 2. The quantitative estimate of drug-likeness (QED) is 0.0889. The van der Waals surface area contributed by atoms with E-state index in [0.29, 0.717) is 10.8 Å². The van der Waals surface area contributed by atoms with Gasteiger partial charge in [0.1, 0.15) is 28.9 Å². The summed E-state index contributed by atoms with van der Waals surface area (Å²) in [4.78, 5) is 47.6. The average molecular weight is 660 g/mol. The number of amides is 2. The Labute approximate surface area is 271 Å². The number of carboxylic acids is 1. The molecule has 0 unspecified atom stereocenters. The number of anilines is 1. The second kappa shape index (κ2) is 13.1. The minimum Gasteiger partial charge on any atom is -0.477 e. The van der Waals surface area contributed by atoms with Gasteiger partial charge in [-0.1, -0.05) is 108 Å². The van der Waals surface area contributed by atoms with Crippen molar-refractivity contribution in [3.05, 3.63) is 129 Å². The Kier molecular flexibility index (Phi) is 8.87. The second-order valence-corrected chi connectivity index (χ2v) is 12.5. The van der Waals surface area contributed by atoms with Crippen LogP contribution in [0.4, 0.5) is 5.13 Å². The number of benzene rings is 3. The van der Waals surface area contributed by atoms with E-state index in [4.69, 9.17) is 21.4 Å². The Hall–Kier alpha value is -4.65. The number of halogens is 1. The molecule has 2 amide bonds. The first kappa shape index (κ1) is 30.4. The monoisotopic (exact) mass is 659 g/mol. The summed E-state index contributed by atoms with van der Waals surface area (Å²) in [6, 6.07) is 29.7. The van der Waals surface area contributed by atoms with Crippen molar-refractivity contribution in [1.82, 2.24) is 15.2 Å². The minimum atomic E-state index is -1.29. The predicted octanol–water partition coefficient (Wildman–Crippen LogP) is 4.98. The summed E-state index contributed by atoms with van der Waals surface area (Å²) < 4.78 is 0. The molecular formula is C32H26ClN5O5S2. The van der Waals surface area contributed by atoms with Crippen LogP contribution in [0.5, 0.6) is 0 Å². The van der Waals surface area contributed by atoms with Gasteiger partial charge in [0, 0.05) is 11.1 Å². The third kappa shape index (κ3) is 6.04. The summed E-state index contributed by atoms with van der Waals surface area (Å²) in [6.07, 6.45) is 0.932. The molecule has 0 aliphatic carbocycles. The first-order valence-corrected chi connectivity index (χ1v) is 16.1. The van der Waals surface area contributed by atoms with Crippen LogP contribution in [0.3, 0.4) is 0 Å². The molecule has 4 aromatic rings. The lowest BCUT2D eigenvalue weighted by Crippen LogP contribution is -2.70. The number of thiazole rings is 1. The SMILES string of the molecule is O=C(/C=N\OCc1csc(NC(c2ccccc2)(c2ccccc2)c2ccccc2)n1)N[C@@H]1C(=O)N2C(C(=O)O)=C(Cl)CS[C@@H]12. The molecule has 6 rings (SSSR count). The standard InChI is InChI=1S/C32H26ClN5O5S2/c33-24-19-44-29-26(28(40)38(29)27(24)30(41)42)36-25(39)16-34-43-17-23-18-45-31(35-23)37-32(20-10-4-1-5-11-20,21-12-6-2-7-13-21)22-14-8-3-9-15-22/h1-16,18,26,29H,17,19H2,(H,35,37)(H,36,39)(H,41,42)/b34-16-/t26-,29+/m1/s1. The van der Waals surface area contributed by atoms with Crippen molar-refractivity contribution >= 4 is 63.8 Å². The summed E-state index contributed by atoms with van der Waals surface area (Å²) >= 11 is 8.69. The van der Waals surface area contributed by atoms with Crippen LogP contribution < -0.4 is 10.6 Å². The highest BCUT2D eigenvalue weighted by atomic mass is 35.5. The predicted molar refractivity (Wildman–Crippen MR) is 174 cm³/mol. The van der Waals surface area contributed by atoms with Crippen LogP contribution in [0, 0.1) is 0 Å². The van der Waals surface area contributed by atoms with Gasteiger partial charge in [0.25, 0.3) is 11.8 Å². The van der Waals surface area contributed by atoms with Crippen molar-refractivity contribution < 1.29 is 24.3 Å². The van der Waals surface area contributed by atoms with Crippen LogP contribution in [-0.2, 0) is 31.4 Å². The Bertz CT molecular complexity index is 1670. The van der Waals surface area contributed by atoms with Gasteiger partial charge in [-0.3, -0.25) is 14.5 Å². The fraction of sp³-hybridized carbons (Fsp3) is 0.156. The van der Waals surface area contributed by atoms with Gasteiger partial charge in [0.05, 0.1) is 10.7 Å². The topological polar surface area (TPSA) is 133 Å². The number of carbonyl (C=O) groups is 3. The van der Waals surface area contributed by atoms with Crippen molar-refractivity contribution in [1.29, 1.82) is 0 Å². The van der Waals surface area contributed by atoms with E-state index in [1.54, 1.807) is 0 Å². The molecule has 13 heteroatoms. The minimum absolute atomic E-state index is 0.0108. The fourth-order valence-electron chi connectivity index (χ4n) is 5.33. The molecule has 2 aliphatic heterocycles. The zero-order valence-corrected chi connectivity index (χ0v) is 25.9. The third-order valence-corrected chi connectivity index (χ3v) is 9.90. The maximum Gasteiger partial charge on any atom is 0.353 e. The van der Waals surface area contributed by atoms with Gasteiger partial charge >= 0.3 is 5.97 Å². The van der Waals surface area contributed by atoms with E-state index in [2.05, 4.69) is 52.2 Å². The molecule has 228 valence electrons. The van der Waals surface area contributed by atoms with Crippen LogP contribution >= 0.6 is 34.7 Å². The number of oxime groups is 1. The molecule has 2 atom stereocenters. The van der Waals surface area contributed by atoms with E-state index in [1.165, 1.54) is 23.1 Å². The molecule has 0 saturated carbocycles.